The highest BCUT2D eigenvalue weighted by Gasteiger charge is 2.22. The van der Waals surface area contributed by atoms with Gasteiger partial charge in [0.15, 0.2) is 0 Å². The summed E-state index contributed by atoms with van der Waals surface area (Å²) in [6, 6.07) is 39.9. The number of para-hydroxylation sites is 1. The Morgan fingerprint density at radius 1 is 0.571 bits per heavy atom. The number of benzene rings is 4. The van der Waals surface area contributed by atoms with E-state index in [1.807, 2.05) is 0 Å². The lowest BCUT2D eigenvalue weighted by atomic mass is 9.89. The molecule has 0 aliphatic carbocycles. The van der Waals surface area contributed by atoms with Gasteiger partial charge in [-0.05, 0) is 66.1 Å². The molecule has 0 saturated heterocycles. The zero-order chi connectivity index (χ0) is 24.3. The van der Waals surface area contributed by atoms with E-state index in [2.05, 4.69) is 128 Å². The summed E-state index contributed by atoms with van der Waals surface area (Å²) in [5.41, 5.74) is 8.40. The number of hydrogen-bond acceptors (Lipinski definition) is 1. The molecule has 4 rings (SSSR count). The van der Waals surface area contributed by atoms with E-state index in [1.165, 1.54) is 59.3 Å². The van der Waals surface area contributed by atoms with Gasteiger partial charge in [-0.3, -0.25) is 0 Å². The van der Waals surface area contributed by atoms with Crippen molar-refractivity contribution in [2.75, 3.05) is 11.4 Å². The topological polar surface area (TPSA) is 3.24 Å². The second kappa shape index (κ2) is 13.0. The first-order chi connectivity index (χ1) is 17.3. The minimum Gasteiger partial charge on any atom is -0.340 e. The highest BCUT2D eigenvalue weighted by atomic mass is 15.1. The van der Waals surface area contributed by atoms with Crippen LogP contribution in [-0.2, 0) is 12.8 Å². The Bertz CT molecular complexity index is 1100. The molecule has 1 heteroatoms. The standard InChI is InChI=1S/C34H39N/c1-3-5-17-28-22-16-26-34(32(28)25-6-4-2)35(31-23-14-9-15-24-31)27-33(29-18-10-7-11-19-29)30-20-12-8-13-21-30/h7-16,18-24,26,33H,3-6,17,25,27H2,1-2H3. The van der Waals surface area contributed by atoms with Crippen LogP contribution < -0.4 is 4.90 Å². The second-order valence-corrected chi connectivity index (χ2v) is 9.44. The van der Waals surface area contributed by atoms with E-state index >= 15 is 0 Å². The number of aryl methyl sites for hydroxylation is 1. The fourth-order valence-electron chi connectivity index (χ4n) is 5.02. The van der Waals surface area contributed by atoms with Crippen molar-refractivity contribution in [2.24, 2.45) is 0 Å². The van der Waals surface area contributed by atoms with Crippen LogP contribution in [-0.4, -0.2) is 6.54 Å². The largest absolute Gasteiger partial charge is 0.340 e. The Morgan fingerprint density at radius 3 is 1.69 bits per heavy atom. The SMILES string of the molecule is CCCCc1cccc(N(CC(c2ccccc2)c2ccccc2)c2ccccc2)c1CCCC. The minimum absolute atomic E-state index is 0.274. The number of unbranched alkanes of at least 4 members (excludes halogenated alkanes) is 2. The predicted molar refractivity (Wildman–Crippen MR) is 152 cm³/mol. The Hall–Kier alpha value is -3.32. The molecule has 0 unspecified atom stereocenters. The van der Waals surface area contributed by atoms with Crippen molar-refractivity contribution in [3.63, 3.8) is 0 Å². The van der Waals surface area contributed by atoms with Gasteiger partial charge in [0.1, 0.15) is 0 Å². The summed E-state index contributed by atoms with van der Waals surface area (Å²) in [4.78, 5) is 2.57. The quantitative estimate of drug-likeness (QED) is 0.203. The molecule has 0 saturated carbocycles. The van der Waals surface area contributed by atoms with Crippen LogP contribution in [0.3, 0.4) is 0 Å². The molecule has 0 radical (unpaired) electrons. The van der Waals surface area contributed by atoms with Gasteiger partial charge in [0, 0.05) is 23.8 Å². The van der Waals surface area contributed by atoms with Crippen molar-refractivity contribution >= 4 is 11.4 Å². The van der Waals surface area contributed by atoms with Crippen LogP contribution >= 0.6 is 0 Å². The van der Waals surface area contributed by atoms with Gasteiger partial charge in [0.2, 0.25) is 0 Å². The van der Waals surface area contributed by atoms with Crippen molar-refractivity contribution in [2.45, 2.75) is 58.3 Å². The third-order valence-corrected chi connectivity index (χ3v) is 6.96. The van der Waals surface area contributed by atoms with Crippen molar-refractivity contribution in [1.29, 1.82) is 0 Å². The fraction of sp³-hybridized carbons (Fsp3) is 0.294. The van der Waals surface area contributed by atoms with Gasteiger partial charge in [-0.2, -0.15) is 0 Å². The number of hydrogen-bond donors (Lipinski definition) is 0. The van der Waals surface area contributed by atoms with Gasteiger partial charge in [0.05, 0.1) is 0 Å². The molecule has 0 spiro atoms. The molecule has 0 amide bonds. The summed E-state index contributed by atoms with van der Waals surface area (Å²) >= 11 is 0. The first kappa shape index (κ1) is 24.8. The molecule has 0 atom stereocenters. The summed E-state index contributed by atoms with van der Waals surface area (Å²) in [6.07, 6.45) is 7.20. The zero-order valence-electron chi connectivity index (χ0n) is 21.4. The highest BCUT2D eigenvalue weighted by molar-refractivity contribution is 5.68. The molecule has 0 bridgehead atoms. The first-order valence-corrected chi connectivity index (χ1v) is 13.3. The number of rotatable bonds is 12. The normalized spacial score (nSPS) is 11.1. The van der Waals surface area contributed by atoms with Crippen LogP contribution in [0, 0.1) is 0 Å². The van der Waals surface area contributed by atoms with E-state index in [0.29, 0.717) is 0 Å². The van der Waals surface area contributed by atoms with Crippen molar-refractivity contribution in [3.8, 4) is 0 Å². The molecule has 4 aromatic rings. The number of anilines is 2. The molecular weight excluding hydrogens is 422 g/mol. The van der Waals surface area contributed by atoms with Crippen LogP contribution in [0.25, 0.3) is 0 Å². The molecule has 0 aromatic heterocycles. The summed E-state index contributed by atoms with van der Waals surface area (Å²) in [5.74, 6) is 0.274. The average molecular weight is 462 g/mol. The lowest BCUT2D eigenvalue weighted by Gasteiger charge is -2.33. The fourth-order valence-corrected chi connectivity index (χ4v) is 5.02. The van der Waals surface area contributed by atoms with Gasteiger partial charge in [-0.1, -0.05) is 118 Å². The minimum atomic E-state index is 0.274. The monoisotopic (exact) mass is 461 g/mol. The second-order valence-electron chi connectivity index (χ2n) is 9.44. The van der Waals surface area contributed by atoms with Crippen LogP contribution in [0.2, 0.25) is 0 Å². The molecule has 0 N–H and O–H groups in total. The van der Waals surface area contributed by atoms with E-state index in [-0.39, 0.29) is 5.92 Å². The first-order valence-electron chi connectivity index (χ1n) is 13.3. The van der Waals surface area contributed by atoms with Gasteiger partial charge >= 0.3 is 0 Å². The lowest BCUT2D eigenvalue weighted by Crippen LogP contribution is -2.26. The van der Waals surface area contributed by atoms with Crippen molar-refractivity contribution < 1.29 is 0 Å². The lowest BCUT2D eigenvalue weighted by molar-refractivity contribution is 0.747. The molecule has 0 heterocycles. The Labute approximate surface area is 212 Å². The molecule has 0 fully saturated rings. The molecule has 0 aliphatic rings. The van der Waals surface area contributed by atoms with Gasteiger partial charge in [-0.15, -0.1) is 0 Å². The van der Waals surface area contributed by atoms with Crippen LogP contribution in [0.5, 0.6) is 0 Å². The Kier molecular flexibility index (Phi) is 9.17. The van der Waals surface area contributed by atoms with Gasteiger partial charge < -0.3 is 4.90 Å². The average Bonchev–Trinajstić information content (AvgIpc) is 2.93. The number of nitrogens with zero attached hydrogens (tertiary/aromatic N) is 1. The van der Waals surface area contributed by atoms with E-state index in [9.17, 15) is 0 Å². The van der Waals surface area contributed by atoms with Gasteiger partial charge in [-0.25, -0.2) is 0 Å². The van der Waals surface area contributed by atoms with Crippen LogP contribution in [0.4, 0.5) is 11.4 Å². The smallest absolute Gasteiger partial charge is 0.0446 e. The third-order valence-electron chi connectivity index (χ3n) is 6.96. The molecular formula is C34H39N. The summed E-state index contributed by atoms with van der Waals surface area (Å²) in [5, 5.41) is 0. The van der Waals surface area contributed by atoms with E-state index < -0.39 is 0 Å². The van der Waals surface area contributed by atoms with Crippen LogP contribution in [0.1, 0.15) is 67.7 Å². The molecule has 180 valence electrons. The van der Waals surface area contributed by atoms with Gasteiger partial charge in [0.25, 0.3) is 0 Å². The maximum absolute atomic E-state index is 2.57. The Morgan fingerprint density at radius 2 is 1.11 bits per heavy atom. The maximum atomic E-state index is 2.57. The third kappa shape index (κ3) is 6.42. The van der Waals surface area contributed by atoms with E-state index in [4.69, 9.17) is 0 Å². The zero-order valence-corrected chi connectivity index (χ0v) is 21.4. The molecule has 35 heavy (non-hydrogen) atoms. The molecule has 0 aliphatic heterocycles. The summed E-state index contributed by atoms with van der Waals surface area (Å²) in [6.45, 7) is 5.48. The maximum Gasteiger partial charge on any atom is 0.0446 e. The van der Waals surface area contributed by atoms with E-state index in [1.54, 1.807) is 0 Å². The van der Waals surface area contributed by atoms with Crippen LogP contribution in [0.15, 0.2) is 109 Å². The van der Waals surface area contributed by atoms with Crippen molar-refractivity contribution in [1.82, 2.24) is 0 Å². The predicted octanol–water partition coefficient (Wildman–Crippen LogP) is 9.34. The summed E-state index contributed by atoms with van der Waals surface area (Å²) < 4.78 is 0. The molecule has 1 nitrogen and oxygen atoms in total. The van der Waals surface area contributed by atoms with Crippen molar-refractivity contribution in [3.05, 3.63) is 131 Å². The molecule has 4 aromatic carbocycles. The summed E-state index contributed by atoms with van der Waals surface area (Å²) in [7, 11) is 0. The Balaban J connectivity index is 1.83. The highest BCUT2D eigenvalue weighted by Crippen LogP contribution is 2.36. The van der Waals surface area contributed by atoms with E-state index in [0.717, 1.165) is 19.4 Å².